The molecule has 1 aromatic carbocycles. The molecule has 1 heterocycles. The predicted octanol–water partition coefficient (Wildman–Crippen LogP) is 3.17. The lowest BCUT2D eigenvalue weighted by atomic mass is 9.95. The monoisotopic (exact) mass is 535 g/mol. The van der Waals surface area contributed by atoms with Crippen LogP contribution in [0.1, 0.15) is 44.9 Å². The molecule has 2 fully saturated rings. The van der Waals surface area contributed by atoms with Gasteiger partial charge in [-0.15, -0.1) is 24.0 Å². The molecule has 0 bridgehead atoms. The molecule has 9 heteroatoms. The van der Waals surface area contributed by atoms with Gasteiger partial charge in [0, 0.05) is 51.3 Å². The number of guanidine groups is 1. The minimum absolute atomic E-state index is 0. The summed E-state index contributed by atoms with van der Waals surface area (Å²) in [5.41, 5.74) is 0.415. The Morgan fingerprint density at radius 1 is 1.13 bits per heavy atom. The number of anilines is 1. The Morgan fingerprint density at radius 2 is 1.90 bits per heavy atom. The maximum Gasteiger partial charge on any atom is 0.221 e. The molecule has 1 aliphatic heterocycles. The van der Waals surface area contributed by atoms with Crippen LogP contribution in [0, 0.1) is 11.6 Å². The van der Waals surface area contributed by atoms with Crippen molar-refractivity contribution in [1.82, 2.24) is 16.0 Å². The molecule has 1 aliphatic carbocycles. The molecule has 1 unspecified atom stereocenters. The van der Waals surface area contributed by atoms with Crippen molar-refractivity contribution < 1.29 is 13.6 Å². The van der Waals surface area contributed by atoms with Crippen LogP contribution in [0.15, 0.2) is 23.2 Å². The fraction of sp³-hybridized carbons (Fsp3) is 0.619. The van der Waals surface area contributed by atoms with E-state index in [2.05, 4.69) is 20.9 Å². The number of amides is 1. The molecular weight excluding hydrogens is 503 g/mol. The molecule has 1 amide bonds. The normalized spacial score (nSPS) is 19.9. The van der Waals surface area contributed by atoms with Gasteiger partial charge in [-0.1, -0.05) is 19.3 Å². The van der Waals surface area contributed by atoms with Gasteiger partial charge in [-0.05, 0) is 31.4 Å². The van der Waals surface area contributed by atoms with Crippen LogP contribution in [0.5, 0.6) is 0 Å². The predicted molar refractivity (Wildman–Crippen MR) is 127 cm³/mol. The molecule has 0 aromatic heterocycles. The summed E-state index contributed by atoms with van der Waals surface area (Å²) in [6, 6.07) is 4.09. The minimum Gasteiger partial charge on any atom is -0.367 e. The first-order valence-electron chi connectivity index (χ1n) is 10.5. The summed E-state index contributed by atoms with van der Waals surface area (Å²) in [5, 5.41) is 9.60. The fourth-order valence-electron chi connectivity index (χ4n) is 4.06. The zero-order valence-electron chi connectivity index (χ0n) is 17.4. The number of nitrogens with zero attached hydrogens (tertiary/aromatic N) is 2. The Kier molecular flexibility index (Phi) is 10.1. The average molecular weight is 535 g/mol. The van der Waals surface area contributed by atoms with Crippen molar-refractivity contribution in [2.75, 3.05) is 31.6 Å². The Balaban J connectivity index is 0.00000320. The summed E-state index contributed by atoms with van der Waals surface area (Å²) < 4.78 is 27.1. The van der Waals surface area contributed by atoms with E-state index in [-0.39, 0.29) is 35.9 Å². The molecule has 6 nitrogen and oxygen atoms in total. The van der Waals surface area contributed by atoms with Crippen LogP contribution >= 0.6 is 24.0 Å². The maximum atomic E-state index is 14.0. The second kappa shape index (κ2) is 12.3. The van der Waals surface area contributed by atoms with Gasteiger partial charge in [0.15, 0.2) is 5.96 Å². The smallest absolute Gasteiger partial charge is 0.221 e. The second-order valence-corrected chi connectivity index (χ2v) is 7.82. The molecule has 2 aliphatic rings. The van der Waals surface area contributed by atoms with Crippen molar-refractivity contribution >= 4 is 41.5 Å². The highest BCUT2D eigenvalue weighted by Crippen LogP contribution is 2.24. The van der Waals surface area contributed by atoms with Gasteiger partial charge in [0.25, 0.3) is 0 Å². The van der Waals surface area contributed by atoms with E-state index in [9.17, 15) is 13.6 Å². The van der Waals surface area contributed by atoms with E-state index in [1.54, 1.807) is 7.05 Å². The third-order valence-electron chi connectivity index (χ3n) is 5.62. The van der Waals surface area contributed by atoms with Gasteiger partial charge >= 0.3 is 0 Å². The Labute approximate surface area is 194 Å². The highest BCUT2D eigenvalue weighted by Gasteiger charge is 2.25. The van der Waals surface area contributed by atoms with Crippen LogP contribution in [0.4, 0.5) is 14.5 Å². The third kappa shape index (κ3) is 7.24. The van der Waals surface area contributed by atoms with Gasteiger partial charge in [0.1, 0.15) is 11.6 Å². The largest absolute Gasteiger partial charge is 0.367 e. The molecule has 30 heavy (non-hydrogen) atoms. The first-order chi connectivity index (χ1) is 14.0. The summed E-state index contributed by atoms with van der Waals surface area (Å²) >= 11 is 0. The second-order valence-electron chi connectivity index (χ2n) is 7.82. The lowest BCUT2D eigenvalue weighted by Gasteiger charge is -2.23. The van der Waals surface area contributed by atoms with Crippen molar-refractivity contribution in [3.8, 4) is 0 Å². The molecule has 1 atom stereocenters. The number of carbonyl (C=O) groups is 1. The molecule has 1 saturated carbocycles. The van der Waals surface area contributed by atoms with Crippen LogP contribution in [0.3, 0.4) is 0 Å². The number of hydrogen-bond donors (Lipinski definition) is 3. The lowest BCUT2D eigenvalue weighted by Crippen LogP contribution is -2.46. The summed E-state index contributed by atoms with van der Waals surface area (Å²) in [7, 11) is 1.68. The Morgan fingerprint density at radius 3 is 2.60 bits per heavy atom. The van der Waals surface area contributed by atoms with Crippen LogP contribution in [-0.4, -0.2) is 50.6 Å². The Bertz CT molecular complexity index is 727. The van der Waals surface area contributed by atoms with Crippen LogP contribution in [-0.2, 0) is 4.79 Å². The van der Waals surface area contributed by atoms with E-state index in [1.165, 1.54) is 31.4 Å². The van der Waals surface area contributed by atoms with Gasteiger partial charge in [0.05, 0.1) is 5.69 Å². The van der Waals surface area contributed by atoms with E-state index in [0.29, 0.717) is 43.7 Å². The number of halogens is 3. The molecule has 0 spiro atoms. The topological polar surface area (TPSA) is 68.8 Å². The maximum absolute atomic E-state index is 14.0. The third-order valence-corrected chi connectivity index (χ3v) is 5.62. The summed E-state index contributed by atoms with van der Waals surface area (Å²) in [5.74, 6) is -0.421. The van der Waals surface area contributed by atoms with E-state index in [1.807, 2.05) is 4.90 Å². The van der Waals surface area contributed by atoms with Crippen molar-refractivity contribution in [2.24, 2.45) is 4.99 Å². The van der Waals surface area contributed by atoms with Crippen LogP contribution < -0.4 is 20.9 Å². The van der Waals surface area contributed by atoms with Crippen molar-refractivity contribution in [3.05, 3.63) is 29.8 Å². The van der Waals surface area contributed by atoms with Crippen molar-refractivity contribution in [1.29, 1.82) is 0 Å². The molecule has 1 aromatic rings. The van der Waals surface area contributed by atoms with Gasteiger partial charge < -0.3 is 20.9 Å². The zero-order chi connectivity index (χ0) is 20.6. The lowest BCUT2D eigenvalue weighted by molar-refractivity contribution is -0.121. The van der Waals surface area contributed by atoms with Gasteiger partial charge in [-0.2, -0.15) is 0 Å². The van der Waals surface area contributed by atoms with Gasteiger partial charge in [0.2, 0.25) is 5.91 Å². The number of benzene rings is 1. The number of rotatable bonds is 6. The summed E-state index contributed by atoms with van der Waals surface area (Å²) in [4.78, 5) is 18.2. The first kappa shape index (κ1) is 24.6. The molecule has 3 N–H and O–H groups in total. The molecule has 1 saturated heterocycles. The van der Waals surface area contributed by atoms with E-state index < -0.39 is 11.6 Å². The average Bonchev–Trinajstić information content (AvgIpc) is 3.16. The molecule has 0 radical (unpaired) electrons. The molecular formula is C21H32F2IN5O. The standard InChI is InChI=1S/C21H31F2N5O.HI/c1-24-21(25-11-9-20(29)26-16-5-3-2-4-6-16)27-17-10-12-28(14-17)19-8-7-15(22)13-18(19)23;/h7-8,13,16-17H,2-6,9-12,14H2,1H3,(H,26,29)(H2,24,25,27);1H. The number of aliphatic imine (C=N–C) groups is 1. The highest BCUT2D eigenvalue weighted by atomic mass is 127. The van der Waals surface area contributed by atoms with E-state index >= 15 is 0 Å². The molecule has 168 valence electrons. The number of nitrogens with one attached hydrogen (secondary N) is 3. The van der Waals surface area contributed by atoms with Crippen LogP contribution in [0.2, 0.25) is 0 Å². The van der Waals surface area contributed by atoms with Gasteiger partial charge in [-0.3, -0.25) is 9.79 Å². The van der Waals surface area contributed by atoms with Crippen molar-refractivity contribution in [3.63, 3.8) is 0 Å². The zero-order valence-corrected chi connectivity index (χ0v) is 19.8. The van der Waals surface area contributed by atoms with Gasteiger partial charge in [-0.25, -0.2) is 8.78 Å². The Hall–Kier alpha value is -1.65. The van der Waals surface area contributed by atoms with Crippen LogP contribution in [0.25, 0.3) is 0 Å². The SMILES string of the molecule is CN=C(NCCC(=O)NC1CCCCC1)NC1CCN(c2ccc(F)cc2F)C1.I. The first-order valence-corrected chi connectivity index (χ1v) is 10.5. The number of hydrogen-bond acceptors (Lipinski definition) is 3. The van der Waals surface area contributed by atoms with Crippen molar-refractivity contribution in [2.45, 2.75) is 57.0 Å². The molecule has 3 rings (SSSR count). The highest BCUT2D eigenvalue weighted by molar-refractivity contribution is 14.0. The minimum atomic E-state index is -0.572. The summed E-state index contributed by atoms with van der Waals surface area (Å²) in [6.07, 6.45) is 7.03. The quantitative estimate of drug-likeness (QED) is 0.298. The summed E-state index contributed by atoms with van der Waals surface area (Å²) in [6.45, 7) is 1.79. The van der Waals surface area contributed by atoms with E-state index in [0.717, 1.165) is 25.3 Å². The number of carbonyl (C=O) groups excluding carboxylic acids is 1. The van der Waals surface area contributed by atoms with E-state index in [4.69, 9.17) is 0 Å². The fourth-order valence-corrected chi connectivity index (χ4v) is 4.06.